The normalized spacial score (nSPS) is 14.6. The van der Waals surface area contributed by atoms with Crippen LogP contribution in [0, 0.1) is 0 Å². The Morgan fingerprint density at radius 1 is 0.259 bits per heavy atom. The summed E-state index contributed by atoms with van der Waals surface area (Å²) in [5.74, 6) is 0. The van der Waals surface area contributed by atoms with Gasteiger partial charge in [-0.05, 0) is 134 Å². The molecule has 256 valence electrons. The molecule has 0 saturated heterocycles. The van der Waals surface area contributed by atoms with Gasteiger partial charge in [0.2, 0.25) is 0 Å². The van der Waals surface area contributed by atoms with Crippen LogP contribution >= 0.6 is 0 Å². The molecule has 9 aromatic rings. The Labute approximate surface area is 317 Å². The van der Waals surface area contributed by atoms with Gasteiger partial charge in [0.25, 0.3) is 0 Å². The van der Waals surface area contributed by atoms with Crippen LogP contribution in [0.25, 0.3) is 88.0 Å². The van der Waals surface area contributed by atoms with Gasteiger partial charge in [-0.2, -0.15) is 0 Å². The second-order valence-electron chi connectivity index (χ2n) is 16.5. The van der Waals surface area contributed by atoms with E-state index in [1.165, 1.54) is 110 Å². The lowest BCUT2D eigenvalue weighted by Crippen LogP contribution is -2.28. The number of fused-ring (bicyclic) bond motifs is 6. The molecule has 0 bridgehead atoms. The summed E-state index contributed by atoms with van der Waals surface area (Å²) in [5, 5.41) is 7.95. The SMILES string of the molecule is CC1(C)c2cc(-c3ccc(-c4ccc5ccccc5c4)cc3)ccc2-c2ccc3c4c(ccc1c24)C(C)(C)c1cc(-c2ccc4ccccc4c2)ccc1-3. The molecule has 0 amide bonds. The van der Waals surface area contributed by atoms with Gasteiger partial charge in [-0.25, -0.2) is 0 Å². The van der Waals surface area contributed by atoms with E-state index in [1.54, 1.807) is 0 Å². The smallest absolute Gasteiger partial charge is 0.0159 e. The highest BCUT2D eigenvalue weighted by atomic mass is 14.4. The zero-order valence-electron chi connectivity index (χ0n) is 31.2. The molecule has 0 N–H and O–H groups in total. The Bertz CT molecular complexity index is 3020. The maximum atomic E-state index is 2.46. The van der Waals surface area contributed by atoms with Crippen molar-refractivity contribution < 1.29 is 0 Å². The first-order chi connectivity index (χ1) is 26.3. The van der Waals surface area contributed by atoms with Crippen LogP contribution in [0.4, 0.5) is 0 Å². The van der Waals surface area contributed by atoms with Gasteiger partial charge >= 0.3 is 0 Å². The summed E-state index contributed by atoms with van der Waals surface area (Å²) in [6.07, 6.45) is 0. The molecular formula is C54H40. The van der Waals surface area contributed by atoms with Crippen molar-refractivity contribution in [2.45, 2.75) is 38.5 Å². The lowest BCUT2D eigenvalue weighted by atomic mass is 9.62. The van der Waals surface area contributed by atoms with Crippen LogP contribution in [0.1, 0.15) is 49.9 Å². The second kappa shape index (κ2) is 11.1. The zero-order valence-corrected chi connectivity index (χ0v) is 31.2. The first-order valence-corrected chi connectivity index (χ1v) is 19.2. The third-order valence-corrected chi connectivity index (χ3v) is 12.9. The predicted molar refractivity (Wildman–Crippen MR) is 230 cm³/mol. The first-order valence-electron chi connectivity index (χ1n) is 19.2. The first kappa shape index (κ1) is 31.3. The van der Waals surface area contributed by atoms with Gasteiger partial charge in [0.05, 0.1) is 0 Å². The number of rotatable bonds is 3. The van der Waals surface area contributed by atoms with Crippen LogP contribution in [0.5, 0.6) is 0 Å². The largest absolute Gasteiger partial charge is 0.0616 e. The van der Waals surface area contributed by atoms with Crippen molar-refractivity contribution in [3.63, 3.8) is 0 Å². The fraction of sp³-hybridized carbons (Fsp3) is 0.111. The molecule has 0 nitrogen and oxygen atoms in total. The molecule has 0 fully saturated rings. The topological polar surface area (TPSA) is 0 Å². The highest BCUT2D eigenvalue weighted by molar-refractivity contribution is 6.13. The Morgan fingerprint density at radius 3 is 1.06 bits per heavy atom. The quantitative estimate of drug-likeness (QED) is 0.173. The minimum Gasteiger partial charge on any atom is -0.0616 e. The number of benzene rings is 9. The van der Waals surface area contributed by atoms with Crippen molar-refractivity contribution in [2.24, 2.45) is 0 Å². The summed E-state index contributed by atoms with van der Waals surface area (Å²) in [6.45, 7) is 9.68. The third-order valence-electron chi connectivity index (χ3n) is 12.9. The van der Waals surface area contributed by atoms with Gasteiger partial charge in [0, 0.05) is 10.8 Å². The summed E-state index contributed by atoms with van der Waals surface area (Å²) < 4.78 is 0. The monoisotopic (exact) mass is 688 g/mol. The Balaban J connectivity index is 1.01. The van der Waals surface area contributed by atoms with Crippen molar-refractivity contribution in [1.82, 2.24) is 0 Å². The van der Waals surface area contributed by atoms with Gasteiger partial charge < -0.3 is 0 Å². The Kier molecular flexibility index (Phi) is 6.46. The average Bonchev–Trinajstić information content (AvgIpc) is 3.21. The summed E-state index contributed by atoms with van der Waals surface area (Å²) in [6, 6.07) is 63.9. The fourth-order valence-electron chi connectivity index (χ4n) is 9.82. The molecule has 0 atom stereocenters. The molecule has 0 aromatic heterocycles. The number of hydrogen-bond acceptors (Lipinski definition) is 0. The average molecular weight is 689 g/mol. The Hall–Kier alpha value is -6.24. The van der Waals surface area contributed by atoms with E-state index in [1.807, 2.05) is 0 Å². The molecule has 2 aliphatic carbocycles. The predicted octanol–water partition coefficient (Wildman–Crippen LogP) is 14.8. The molecule has 2 aliphatic rings. The van der Waals surface area contributed by atoms with E-state index in [4.69, 9.17) is 0 Å². The molecule has 9 aromatic carbocycles. The van der Waals surface area contributed by atoms with E-state index in [2.05, 4.69) is 198 Å². The second-order valence-corrected chi connectivity index (χ2v) is 16.5. The maximum absolute atomic E-state index is 2.46. The van der Waals surface area contributed by atoms with Crippen LogP contribution in [0.2, 0.25) is 0 Å². The highest BCUT2D eigenvalue weighted by Crippen LogP contribution is 2.56. The van der Waals surface area contributed by atoms with Crippen molar-refractivity contribution in [2.75, 3.05) is 0 Å². The fourth-order valence-corrected chi connectivity index (χ4v) is 9.82. The minimum atomic E-state index is -0.162. The zero-order chi connectivity index (χ0) is 36.3. The molecule has 0 saturated carbocycles. The van der Waals surface area contributed by atoms with E-state index in [0.29, 0.717) is 0 Å². The molecule has 54 heavy (non-hydrogen) atoms. The molecule has 0 radical (unpaired) electrons. The van der Waals surface area contributed by atoms with Gasteiger partial charge in [-0.3, -0.25) is 0 Å². The van der Waals surface area contributed by atoms with Crippen molar-refractivity contribution in [3.8, 4) is 55.6 Å². The highest BCUT2D eigenvalue weighted by Gasteiger charge is 2.39. The van der Waals surface area contributed by atoms with E-state index >= 15 is 0 Å². The van der Waals surface area contributed by atoms with Crippen LogP contribution in [-0.2, 0) is 10.8 Å². The molecule has 0 heteroatoms. The van der Waals surface area contributed by atoms with Crippen molar-refractivity contribution in [3.05, 3.63) is 192 Å². The molecule has 0 unspecified atom stereocenters. The lowest BCUT2D eigenvalue weighted by molar-refractivity contribution is 0.633. The van der Waals surface area contributed by atoms with Gasteiger partial charge in [0.1, 0.15) is 0 Å². The maximum Gasteiger partial charge on any atom is 0.0159 e. The standard InChI is InChI=1S/C54H40/c1-53(2)47-27-28-48-52-46(44-24-22-42(32-50(44)54(48,3)4)40-20-18-34-10-6-8-12-38(34)30-40)26-25-45(51(47)52)43-23-21-41(31-49(43)53)36-15-13-35(14-16-36)39-19-17-33-9-5-7-11-37(33)29-39/h5-32H,1-4H3. The van der Waals surface area contributed by atoms with Crippen LogP contribution < -0.4 is 0 Å². The third kappa shape index (κ3) is 4.44. The summed E-state index contributed by atoms with van der Waals surface area (Å²) in [7, 11) is 0. The van der Waals surface area contributed by atoms with E-state index in [9.17, 15) is 0 Å². The van der Waals surface area contributed by atoms with Crippen molar-refractivity contribution in [1.29, 1.82) is 0 Å². The van der Waals surface area contributed by atoms with Gasteiger partial charge in [-0.15, -0.1) is 0 Å². The van der Waals surface area contributed by atoms with Gasteiger partial charge in [-0.1, -0.05) is 173 Å². The number of hydrogen-bond donors (Lipinski definition) is 0. The molecule has 0 aliphatic heterocycles. The van der Waals surface area contributed by atoms with E-state index < -0.39 is 0 Å². The van der Waals surface area contributed by atoms with E-state index in [-0.39, 0.29) is 10.8 Å². The molecule has 0 heterocycles. The van der Waals surface area contributed by atoms with Crippen LogP contribution in [0.3, 0.4) is 0 Å². The summed E-state index contributed by atoms with van der Waals surface area (Å²) in [4.78, 5) is 0. The van der Waals surface area contributed by atoms with Gasteiger partial charge in [0.15, 0.2) is 0 Å². The van der Waals surface area contributed by atoms with E-state index in [0.717, 1.165) is 0 Å². The molecular weight excluding hydrogens is 649 g/mol. The molecule has 0 spiro atoms. The Morgan fingerprint density at radius 2 is 0.593 bits per heavy atom. The lowest BCUT2D eigenvalue weighted by Gasteiger charge is -2.40. The minimum absolute atomic E-state index is 0.153. The van der Waals surface area contributed by atoms with Crippen molar-refractivity contribution >= 4 is 32.3 Å². The summed E-state index contributed by atoms with van der Waals surface area (Å²) >= 11 is 0. The van der Waals surface area contributed by atoms with Crippen LogP contribution in [-0.4, -0.2) is 0 Å². The molecule has 11 rings (SSSR count). The summed E-state index contributed by atoms with van der Waals surface area (Å²) in [5.41, 5.74) is 18.3. The van der Waals surface area contributed by atoms with Crippen LogP contribution in [0.15, 0.2) is 170 Å².